The first-order valence-electron chi connectivity index (χ1n) is 17.1. The van der Waals surface area contributed by atoms with E-state index >= 15 is 0 Å². The summed E-state index contributed by atoms with van der Waals surface area (Å²) in [5.74, 6) is -3.64. The number of nitrogens with one attached hydrogen (secondary N) is 5. The van der Waals surface area contributed by atoms with Crippen molar-refractivity contribution >= 4 is 35.4 Å². The Morgan fingerprint density at radius 2 is 1.60 bits per heavy atom. The van der Waals surface area contributed by atoms with Crippen LogP contribution in [-0.2, 0) is 35.2 Å². The Balaban J connectivity index is 1.46. The molecule has 2 saturated carbocycles. The molecule has 6 amide bonds. The van der Waals surface area contributed by atoms with Crippen LogP contribution in [0.1, 0.15) is 77.2 Å². The lowest BCUT2D eigenvalue weighted by Crippen LogP contribution is -2.61. The number of nitrogens with zero attached hydrogens (tertiary/aromatic N) is 1. The number of aliphatic hydroxyl groups excluding tert-OH is 1. The fraction of sp³-hybridized carbons (Fsp3) is 0.647. The molecule has 256 valence electrons. The zero-order valence-electron chi connectivity index (χ0n) is 27.2. The quantitative estimate of drug-likeness (QED) is 0.259. The van der Waals surface area contributed by atoms with Gasteiger partial charge in [-0.1, -0.05) is 56.0 Å². The van der Waals surface area contributed by atoms with E-state index in [9.17, 15) is 33.9 Å². The molecule has 5 rings (SSSR count). The smallest absolute Gasteiger partial charge is 0.246 e. The maximum atomic E-state index is 14.4. The van der Waals surface area contributed by atoms with Crippen LogP contribution >= 0.6 is 0 Å². The maximum Gasteiger partial charge on any atom is 0.246 e. The van der Waals surface area contributed by atoms with E-state index < -0.39 is 77.8 Å². The summed E-state index contributed by atoms with van der Waals surface area (Å²) in [6, 6.07) is 3.57. The Labute approximate surface area is 275 Å². The molecule has 1 aromatic rings. The summed E-state index contributed by atoms with van der Waals surface area (Å²) in [5, 5.41) is 24.7. The molecule has 13 nitrogen and oxygen atoms in total. The van der Waals surface area contributed by atoms with Crippen molar-refractivity contribution in [3.8, 4) is 0 Å². The number of aliphatic hydroxyl groups is 1. The lowest BCUT2D eigenvalue weighted by atomic mass is 9.88. The fourth-order valence-corrected chi connectivity index (χ4v) is 7.42. The van der Waals surface area contributed by atoms with E-state index in [0.717, 1.165) is 37.7 Å². The third-order valence-corrected chi connectivity index (χ3v) is 10.1. The highest BCUT2D eigenvalue weighted by Crippen LogP contribution is 2.28. The number of benzene rings is 1. The zero-order chi connectivity index (χ0) is 33.7. The van der Waals surface area contributed by atoms with Gasteiger partial charge in [-0.3, -0.25) is 28.8 Å². The molecule has 2 aliphatic heterocycles. The molecule has 0 unspecified atom stereocenters. The Bertz CT molecular complexity index is 1330. The second-order valence-corrected chi connectivity index (χ2v) is 13.6. The van der Waals surface area contributed by atoms with Crippen molar-refractivity contribution in [2.24, 2.45) is 11.8 Å². The van der Waals surface area contributed by atoms with Gasteiger partial charge in [0, 0.05) is 31.0 Å². The molecular formula is C34H48N6O7. The SMILES string of the molecule is C[C@@H]1NC(=O)[C@@H]2C[C@@H](NC(=O)C3CCCCC3)CN2C(=O)[C@H](Cc2ccccc2)NC(=O)[C@H]([C@@H](C)O)NC(=O)[C@@H]2CCC[C@H]2NC1=O. The first-order chi connectivity index (χ1) is 22.5. The summed E-state index contributed by atoms with van der Waals surface area (Å²) >= 11 is 0. The number of hydrogen-bond donors (Lipinski definition) is 6. The number of rotatable bonds is 5. The van der Waals surface area contributed by atoms with Crippen LogP contribution in [0.5, 0.6) is 0 Å². The summed E-state index contributed by atoms with van der Waals surface area (Å²) in [4.78, 5) is 83.0. The van der Waals surface area contributed by atoms with Gasteiger partial charge in [0.1, 0.15) is 24.2 Å². The largest absolute Gasteiger partial charge is 0.391 e. The number of carbonyl (C=O) groups is 6. The van der Waals surface area contributed by atoms with Crippen LogP contribution in [0.2, 0.25) is 0 Å². The number of amides is 6. The standard InChI is InChI=1S/C34H48N6O7/c1-19-29(42)37-25-15-9-14-24(25)31(44)39-28(20(2)41)33(46)38-26(16-21-10-5-3-6-11-21)34(47)40-18-23(17-27(40)32(45)35-19)36-30(43)22-12-7-4-8-13-22/h3,5-6,10-11,19-20,22-28,41H,4,7-9,12-18H2,1-2H3,(H,35,45)(H,36,43)(H,37,42)(H,38,46)(H,39,44)/t19-,20+,23+,24+,25+,26-,27-,28-/m0/s1. The van der Waals surface area contributed by atoms with Crippen LogP contribution < -0.4 is 26.6 Å². The normalized spacial score (nSPS) is 31.9. The third kappa shape index (κ3) is 8.30. The number of fused-ring (bicyclic) bond motifs is 2. The summed E-state index contributed by atoms with van der Waals surface area (Å²) in [6.45, 7) is 2.97. The lowest BCUT2D eigenvalue weighted by Gasteiger charge is -2.32. The number of hydrogen-bond acceptors (Lipinski definition) is 7. The van der Waals surface area contributed by atoms with E-state index in [1.165, 1.54) is 11.8 Å². The fourth-order valence-electron chi connectivity index (χ4n) is 7.42. The molecule has 13 heteroatoms. The van der Waals surface area contributed by atoms with E-state index in [4.69, 9.17) is 0 Å². The predicted molar refractivity (Wildman–Crippen MR) is 171 cm³/mol. The monoisotopic (exact) mass is 652 g/mol. The molecule has 6 N–H and O–H groups in total. The Morgan fingerprint density at radius 1 is 0.872 bits per heavy atom. The van der Waals surface area contributed by atoms with Crippen molar-refractivity contribution in [3.05, 3.63) is 35.9 Å². The Kier molecular flexibility index (Phi) is 11.2. The predicted octanol–water partition coefficient (Wildman–Crippen LogP) is 0.0487. The molecule has 0 bridgehead atoms. The van der Waals surface area contributed by atoms with Crippen LogP contribution in [0, 0.1) is 11.8 Å². The minimum absolute atomic E-state index is 0.0391. The van der Waals surface area contributed by atoms with Crippen molar-refractivity contribution in [1.29, 1.82) is 0 Å². The van der Waals surface area contributed by atoms with Gasteiger partial charge >= 0.3 is 0 Å². The molecule has 0 spiro atoms. The van der Waals surface area contributed by atoms with Gasteiger partial charge in [0.05, 0.1) is 12.0 Å². The highest BCUT2D eigenvalue weighted by atomic mass is 16.3. The molecule has 8 atom stereocenters. The minimum Gasteiger partial charge on any atom is -0.391 e. The van der Waals surface area contributed by atoms with Gasteiger partial charge in [-0.25, -0.2) is 0 Å². The maximum absolute atomic E-state index is 14.4. The molecule has 0 radical (unpaired) electrons. The van der Waals surface area contributed by atoms with Gasteiger partial charge in [0.25, 0.3) is 0 Å². The topological polar surface area (TPSA) is 186 Å². The van der Waals surface area contributed by atoms with E-state index in [1.807, 2.05) is 30.3 Å². The van der Waals surface area contributed by atoms with Crippen molar-refractivity contribution < 1.29 is 33.9 Å². The molecule has 2 saturated heterocycles. The van der Waals surface area contributed by atoms with Gasteiger partial charge in [-0.15, -0.1) is 0 Å². The first kappa shape index (κ1) is 34.3. The molecule has 4 aliphatic rings. The Hall–Kier alpha value is -4.00. The molecule has 2 aliphatic carbocycles. The van der Waals surface area contributed by atoms with Crippen LogP contribution in [0.15, 0.2) is 30.3 Å². The molecule has 47 heavy (non-hydrogen) atoms. The summed E-state index contributed by atoms with van der Waals surface area (Å²) in [6.07, 6.45) is 5.29. The minimum atomic E-state index is -1.36. The second kappa shape index (κ2) is 15.3. The molecular weight excluding hydrogens is 604 g/mol. The molecule has 0 aromatic heterocycles. The van der Waals surface area contributed by atoms with Gasteiger partial charge in [0.2, 0.25) is 35.4 Å². The van der Waals surface area contributed by atoms with Crippen molar-refractivity contribution in [2.75, 3.05) is 6.54 Å². The van der Waals surface area contributed by atoms with Gasteiger partial charge < -0.3 is 36.6 Å². The van der Waals surface area contributed by atoms with E-state index in [0.29, 0.717) is 19.3 Å². The zero-order valence-corrected chi connectivity index (χ0v) is 27.2. The van der Waals surface area contributed by atoms with Crippen LogP contribution in [0.3, 0.4) is 0 Å². The molecule has 1 aromatic carbocycles. The van der Waals surface area contributed by atoms with E-state index in [-0.39, 0.29) is 31.2 Å². The van der Waals surface area contributed by atoms with Crippen molar-refractivity contribution in [3.63, 3.8) is 0 Å². The Morgan fingerprint density at radius 3 is 2.30 bits per heavy atom. The van der Waals surface area contributed by atoms with Gasteiger partial charge in [-0.2, -0.15) is 0 Å². The van der Waals surface area contributed by atoms with Crippen LogP contribution in [0.25, 0.3) is 0 Å². The van der Waals surface area contributed by atoms with Crippen LogP contribution in [0.4, 0.5) is 0 Å². The van der Waals surface area contributed by atoms with E-state index in [1.54, 1.807) is 6.92 Å². The average Bonchev–Trinajstić information content (AvgIpc) is 3.70. The van der Waals surface area contributed by atoms with Crippen LogP contribution in [-0.4, -0.2) is 94.3 Å². The summed E-state index contributed by atoms with van der Waals surface area (Å²) in [7, 11) is 0. The lowest BCUT2D eigenvalue weighted by molar-refractivity contribution is -0.143. The highest BCUT2D eigenvalue weighted by molar-refractivity contribution is 5.97. The van der Waals surface area contributed by atoms with Crippen molar-refractivity contribution in [2.45, 2.75) is 120 Å². The second-order valence-electron chi connectivity index (χ2n) is 13.6. The molecule has 4 fully saturated rings. The van der Waals surface area contributed by atoms with E-state index in [2.05, 4.69) is 26.6 Å². The summed E-state index contributed by atoms with van der Waals surface area (Å²) < 4.78 is 0. The van der Waals surface area contributed by atoms with Gasteiger partial charge in [-0.05, 0) is 51.5 Å². The number of carbonyl (C=O) groups excluding carboxylic acids is 6. The average molecular weight is 653 g/mol. The van der Waals surface area contributed by atoms with Crippen molar-refractivity contribution in [1.82, 2.24) is 31.5 Å². The molecule has 2 heterocycles. The highest BCUT2D eigenvalue weighted by Gasteiger charge is 2.45. The third-order valence-electron chi connectivity index (χ3n) is 10.1. The summed E-state index contributed by atoms with van der Waals surface area (Å²) in [5.41, 5.74) is 0.750. The van der Waals surface area contributed by atoms with Gasteiger partial charge in [0.15, 0.2) is 0 Å². The first-order valence-corrected chi connectivity index (χ1v) is 17.1.